The van der Waals surface area contributed by atoms with Crippen LogP contribution in [0.5, 0.6) is 0 Å². The van der Waals surface area contributed by atoms with Gasteiger partial charge in [-0.15, -0.1) is 12.3 Å². The van der Waals surface area contributed by atoms with Crippen molar-refractivity contribution in [2.75, 3.05) is 0 Å². The van der Waals surface area contributed by atoms with Gasteiger partial charge in [0.15, 0.2) is 0 Å². The van der Waals surface area contributed by atoms with E-state index in [2.05, 4.69) is 5.92 Å². The number of hydrogen-bond acceptors (Lipinski definition) is 2. The highest BCUT2D eigenvalue weighted by Crippen LogP contribution is 2.31. The van der Waals surface area contributed by atoms with E-state index in [0.29, 0.717) is 0 Å². The number of hydrogen-bond donors (Lipinski definition) is 2. The maximum Gasteiger partial charge on any atom is 0.311 e. The van der Waals surface area contributed by atoms with E-state index in [4.69, 9.17) is 16.6 Å². The largest absolute Gasteiger partial charge is 0.481 e. The Morgan fingerprint density at radius 2 is 2.00 bits per heavy atom. The molecule has 0 aliphatic carbocycles. The summed E-state index contributed by atoms with van der Waals surface area (Å²) in [6, 6.07) is 0. The second-order valence-corrected chi connectivity index (χ2v) is 3.18. The van der Waals surface area contributed by atoms with E-state index >= 15 is 0 Å². The van der Waals surface area contributed by atoms with Gasteiger partial charge in [0.1, 0.15) is 0 Å². The Balaban J connectivity index is 4.85. The standard InChI is InChI=1S/C9H12O4/c1-4-6(2)9(3,8(12)13)5-7(10)11/h1,6H,5H2,2-3H3,(H,10,11)(H,12,13). The van der Waals surface area contributed by atoms with Crippen molar-refractivity contribution in [3.63, 3.8) is 0 Å². The first-order chi connectivity index (χ1) is 5.84. The van der Waals surface area contributed by atoms with Gasteiger partial charge in [-0.2, -0.15) is 0 Å². The first kappa shape index (κ1) is 11.5. The van der Waals surface area contributed by atoms with E-state index in [0.717, 1.165) is 0 Å². The molecule has 2 N–H and O–H groups in total. The highest BCUT2D eigenvalue weighted by molar-refractivity contribution is 5.81. The highest BCUT2D eigenvalue weighted by Gasteiger charge is 2.40. The molecule has 72 valence electrons. The predicted molar refractivity (Wildman–Crippen MR) is 46.0 cm³/mol. The topological polar surface area (TPSA) is 74.6 Å². The summed E-state index contributed by atoms with van der Waals surface area (Å²) in [6.45, 7) is 2.87. The van der Waals surface area contributed by atoms with Gasteiger partial charge < -0.3 is 10.2 Å². The molecule has 0 bridgehead atoms. The predicted octanol–water partition coefficient (Wildman–Crippen LogP) is 0.821. The Morgan fingerprint density at radius 3 is 2.23 bits per heavy atom. The molecule has 4 nitrogen and oxygen atoms in total. The number of carboxylic acids is 2. The van der Waals surface area contributed by atoms with Crippen LogP contribution in [0.2, 0.25) is 0 Å². The minimum absolute atomic E-state index is 0.465. The zero-order chi connectivity index (χ0) is 10.6. The van der Waals surface area contributed by atoms with Crippen LogP contribution in [0.4, 0.5) is 0 Å². The molecule has 0 fully saturated rings. The lowest BCUT2D eigenvalue weighted by atomic mass is 9.76. The molecule has 0 aromatic carbocycles. The molecule has 0 saturated carbocycles. The quantitative estimate of drug-likeness (QED) is 0.634. The second-order valence-electron chi connectivity index (χ2n) is 3.18. The van der Waals surface area contributed by atoms with Crippen molar-refractivity contribution in [2.24, 2.45) is 11.3 Å². The average molecular weight is 184 g/mol. The Kier molecular flexibility index (Phi) is 3.49. The van der Waals surface area contributed by atoms with Crippen molar-refractivity contribution in [1.82, 2.24) is 0 Å². The number of carboxylic acid groups (broad SMARTS) is 2. The first-order valence-corrected chi connectivity index (χ1v) is 3.76. The van der Waals surface area contributed by atoms with Crippen LogP contribution in [-0.4, -0.2) is 22.2 Å². The van der Waals surface area contributed by atoms with E-state index in [1.54, 1.807) is 0 Å². The third-order valence-corrected chi connectivity index (χ3v) is 2.21. The van der Waals surface area contributed by atoms with Crippen molar-refractivity contribution >= 4 is 11.9 Å². The van der Waals surface area contributed by atoms with Crippen LogP contribution in [0, 0.1) is 23.7 Å². The lowest BCUT2D eigenvalue weighted by molar-refractivity contribution is -0.156. The van der Waals surface area contributed by atoms with Gasteiger partial charge in [-0.3, -0.25) is 9.59 Å². The highest BCUT2D eigenvalue weighted by atomic mass is 16.4. The van der Waals surface area contributed by atoms with Crippen LogP contribution in [0.1, 0.15) is 20.3 Å². The molecule has 0 aromatic heterocycles. The summed E-state index contributed by atoms with van der Waals surface area (Å²) in [4.78, 5) is 21.2. The number of aliphatic carboxylic acids is 2. The SMILES string of the molecule is C#CC(C)C(C)(CC(=O)O)C(=O)O. The maximum atomic E-state index is 10.8. The van der Waals surface area contributed by atoms with Crippen molar-refractivity contribution in [1.29, 1.82) is 0 Å². The molecular formula is C9H12O4. The lowest BCUT2D eigenvalue weighted by Gasteiger charge is -2.25. The van der Waals surface area contributed by atoms with Crippen molar-refractivity contribution in [3.05, 3.63) is 0 Å². The van der Waals surface area contributed by atoms with Crippen LogP contribution in [0.3, 0.4) is 0 Å². The molecule has 0 spiro atoms. The molecule has 13 heavy (non-hydrogen) atoms. The van der Waals surface area contributed by atoms with Crippen LogP contribution >= 0.6 is 0 Å². The van der Waals surface area contributed by atoms with Gasteiger partial charge in [0.2, 0.25) is 0 Å². The summed E-state index contributed by atoms with van der Waals surface area (Å²) in [5.74, 6) is -0.702. The van der Waals surface area contributed by atoms with Crippen LogP contribution in [-0.2, 0) is 9.59 Å². The monoisotopic (exact) mass is 184 g/mol. The summed E-state index contributed by atoms with van der Waals surface area (Å²) in [5.41, 5.74) is -1.39. The molecule has 4 heteroatoms. The molecule has 2 atom stereocenters. The molecule has 0 amide bonds. The third-order valence-electron chi connectivity index (χ3n) is 2.21. The third kappa shape index (κ3) is 2.48. The summed E-state index contributed by atoms with van der Waals surface area (Å²) < 4.78 is 0. The molecule has 0 radical (unpaired) electrons. The summed E-state index contributed by atoms with van der Waals surface area (Å²) in [6.07, 6.45) is 4.60. The summed E-state index contributed by atoms with van der Waals surface area (Å²) in [7, 11) is 0. The van der Waals surface area contributed by atoms with Crippen molar-refractivity contribution in [3.8, 4) is 12.3 Å². The summed E-state index contributed by atoms with van der Waals surface area (Å²) >= 11 is 0. The van der Waals surface area contributed by atoms with Crippen LogP contribution < -0.4 is 0 Å². The first-order valence-electron chi connectivity index (χ1n) is 3.76. The van der Waals surface area contributed by atoms with Gasteiger partial charge in [-0.05, 0) is 6.92 Å². The molecule has 0 aromatic rings. The Bertz CT molecular complexity index is 263. The molecule has 0 aliphatic heterocycles. The molecule has 0 heterocycles. The van der Waals surface area contributed by atoms with Crippen molar-refractivity contribution in [2.45, 2.75) is 20.3 Å². The molecule has 2 unspecified atom stereocenters. The molecule has 0 saturated heterocycles. The van der Waals surface area contributed by atoms with Gasteiger partial charge in [0, 0.05) is 5.92 Å². The Hall–Kier alpha value is -1.50. The van der Waals surface area contributed by atoms with Gasteiger partial charge in [0.05, 0.1) is 11.8 Å². The number of rotatable bonds is 4. The smallest absolute Gasteiger partial charge is 0.311 e. The molecule has 0 rings (SSSR count). The molecule has 0 aliphatic rings. The van der Waals surface area contributed by atoms with Gasteiger partial charge in [-0.25, -0.2) is 0 Å². The van der Waals surface area contributed by atoms with E-state index in [1.807, 2.05) is 0 Å². The Morgan fingerprint density at radius 1 is 1.54 bits per heavy atom. The van der Waals surface area contributed by atoms with E-state index in [9.17, 15) is 9.59 Å². The van der Waals surface area contributed by atoms with Crippen LogP contribution in [0.15, 0.2) is 0 Å². The van der Waals surface area contributed by atoms with Gasteiger partial charge >= 0.3 is 11.9 Å². The fraction of sp³-hybridized carbons (Fsp3) is 0.556. The minimum Gasteiger partial charge on any atom is -0.481 e. The average Bonchev–Trinajstić information content (AvgIpc) is 2.01. The van der Waals surface area contributed by atoms with Gasteiger partial charge in [-0.1, -0.05) is 6.92 Å². The van der Waals surface area contributed by atoms with Gasteiger partial charge in [0.25, 0.3) is 0 Å². The Labute approximate surface area is 76.6 Å². The zero-order valence-corrected chi connectivity index (χ0v) is 7.57. The fourth-order valence-electron chi connectivity index (χ4n) is 0.912. The lowest BCUT2D eigenvalue weighted by Crippen LogP contribution is -2.36. The van der Waals surface area contributed by atoms with Crippen molar-refractivity contribution < 1.29 is 19.8 Å². The normalized spacial score (nSPS) is 16.7. The zero-order valence-electron chi connectivity index (χ0n) is 7.57. The van der Waals surface area contributed by atoms with E-state index in [1.165, 1.54) is 13.8 Å². The number of carbonyl (C=O) groups is 2. The maximum absolute atomic E-state index is 10.8. The summed E-state index contributed by atoms with van der Waals surface area (Å²) in [5, 5.41) is 17.3. The second kappa shape index (κ2) is 3.94. The van der Waals surface area contributed by atoms with E-state index in [-0.39, 0.29) is 0 Å². The van der Waals surface area contributed by atoms with Crippen LogP contribution in [0.25, 0.3) is 0 Å². The molecular weight excluding hydrogens is 172 g/mol. The minimum atomic E-state index is -1.39. The fourth-order valence-corrected chi connectivity index (χ4v) is 0.912. The van der Waals surface area contributed by atoms with E-state index < -0.39 is 29.7 Å². The number of terminal acetylenes is 1.